The summed E-state index contributed by atoms with van der Waals surface area (Å²) in [4.78, 5) is 15.6. The summed E-state index contributed by atoms with van der Waals surface area (Å²) in [5.74, 6) is 0. The number of urea groups is 1. The van der Waals surface area contributed by atoms with Gasteiger partial charge in [-0.15, -0.1) is 9.89 Å². The fourth-order valence-corrected chi connectivity index (χ4v) is 0.945. The highest BCUT2D eigenvalue weighted by atomic mass is 16.2. The van der Waals surface area contributed by atoms with Crippen LogP contribution in [0.5, 0.6) is 0 Å². The molecular formula is C6H6N6O. The van der Waals surface area contributed by atoms with Crippen molar-refractivity contribution in [3.63, 3.8) is 0 Å². The number of carbonyl (C=O) groups is 1. The van der Waals surface area contributed by atoms with Crippen molar-refractivity contribution in [3.05, 3.63) is 18.3 Å². The Balaban J connectivity index is 2.51. The zero-order chi connectivity index (χ0) is 9.26. The van der Waals surface area contributed by atoms with Crippen LogP contribution in [0.2, 0.25) is 0 Å². The minimum absolute atomic E-state index is 0.460. The Bertz CT molecular complexity index is 449. The summed E-state index contributed by atoms with van der Waals surface area (Å²) in [5, 5.41) is 7.38. The number of nitrogens with two attached hydrogens (primary N) is 1. The van der Waals surface area contributed by atoms with Crippen LogP contribution in [0.1, 0.15) is 0 Å². The molecule has 0 saturated carbocycles. The van der Waals surface area contributed by atoms with Gasteiger partial charge in [-0.3, -0.25) is 0 Å². The summed E-state index contributed by atoms with van der Waals surface area (Å²) < 4.78 is 0. The van der Waals surface area contributed by atoms with E-state index in [1.165, 1.54) is 0 Å². The second kappa shape index (κ2) is 2.70. The first-order chi connectivity index (χ1) is 6.27. The number of rotatable bonds is 1. The lowest BCUT2D eigenvalue weighted by atomic mass is 10.4. The average Bonchev–Trinajstić information content (AvgIpc) is 2.48. The van der Waals surface area contributed by atoms with Crippen LogP contribution in [0, 0.1) is 0 Å². The van der Waals surface area contributed by atoms with E-state index in [1.807, 2.05) is 0 Å². The lowest BCUT2D eigenvalue weighted by Gasteiger charge is -1.98. The van der Waals surface area contributed by atoms with E-state index in [2.05, 4.69) is 20.7 Å². The summed E-state index contributed by atoms with van der Waals surface area (Å²) in [6, 6.07) is 2.75. The molecule has 0 saturated heterocycles. The van der Waals surface area contributed by atoms with Gasteiger partial charge in [0.15, 0.2) is 0 Å². The molecule has 0 atom stereocenters. The molecule has 7 heteroatoms. The fraction of sp³-hybridized carbons (Fsp3) is 0. The zero-order valence-corrected chi connectivity index (χ0v) is 6.51. The Morgan fingerprint density at radius 3 is 3.23 bits per heavy atom. The number of nitrogens with zero attached hydrogens (tertiary/aromatic N) is 4. The van der Waals surface area contributed by atoms with Crippen molar-refractivity contribution < 1.29 is 4.79 Å². The SMILES string of the molecule is NC(=O)Nn1nnc2cccnc21. The number of nitrogens with one attached hydrogen (secondary N) is 1. The van der Waals surface area contributed by atoms with Crippen LogP contribution in [0.25, 0.3) is 11.2 Å². The maximum Gasteiger partial charge on any atom is 0.332 e. The molecule has 0 aliphatic heterocycles. The van der Waals surface area contributed by atoms with Gasteiger partial charge in [-0.2, -0.15) is 0 Å². The van der Waals surface area contributed by atoms with Crippen molar-refractivity contribution in [2.45, 2.75) is 0 Å². The fourth-order valence-electron chi connectivity index (χ4n) is 0.945. The monoisotopic (exact) mass is 178 g/mol. The summed E-state index contributed by atoms with van der Waals surface area (Å²) in [5.41, 5.74) is 8.21. The molecule has 0 fully saturated rings. The molecule has 0 aliphatic carbocycles. The van der Waals surface area contributed by atoms with Crippen molar-refractivity contribution in [2.24, 2.45) is 5.73 Å². The van der Waals surface area contributed by atoms with E-state index in [0.29, 0.717) is 11.2 Å². The third-order valence-electron chi connectivity index (χ3n) is 1.42. The number of hydrogen-bond donors (Lipinski definition) is 2. The summed E-state index contributed by atoms with van der Waals surface area (Å²) in [6.45, 7) is 0. The van der Waals surface area contributed by atoms with Gasteiger partial charge >= 0.3 is 6.03 Å². The standard InChI is InChI=1S/C6H6N6O/c7-6(13)10-12-5-4(9-11-12)2-1-3-8-5/h1-3H,(H3,7,10,13). The third kappa shape index (κ3) is 1.26. The molecule has 2 rings (SSSR count). The lowest BCUT2D eigenvalue weighted by Crippen LogP contribution is -2.29. The molecule has 3 N–H and O–H groups in total. The van der Waals surface area contributed by atoms with E-state index >= 15 is 0 Å². The van der Waals surface area contributed by atoms with E-state index in [1.54, 1.807) is 18.3 Å². The molecule has 0 spiro atoms. The molecule has 2 aromatic rings. The van der Waals surface area contributed by atoms with Crippen molar-refractivity contribution >= 4 is 17.2 Å². The number of aromatic nitrogens is 4. The quantitative estimate of drug-likeness (QED) is 0.611. The highest BCUT2D eigenvalue weighted by Gasteiger charge is 2.04. The van der Waals surface area contributed by atoms with Gasteiger partial charge in [-0.05, 0) is 17.3 Å². The molecule has 0 radical (unpaired) electrons. The van der Waals surface area contributed by atoms with Crippen molar-refractivity contribution in [1.82, 2.24) is 20.1 Å². The molecule has 13 heavy (non-hydrogen) atoms. The third-order valence-corrected chi connectivity index (χ3v) is 1.42. The topological polar surface area (TPSA) is 98.7 Å². The molecule has 0 unspecified atom stereocenters. The number of carbonyl (C=O) groups excluding carboxylic acids is 1. The van der Waals surface area contributed by atoms with Gasteiger partial charge in [0.25, 0.3) is 0 Å². The molecule has 66 valence electrons. The smallest absolute Gasteiger partial charge is 0.332 e. The number of fused-ring (bicyclic) bond motifs is 1. The van der Waals surface area contributed by atoms with Gasteiger partial charge in [0, 0.05) is 6.20 Å². The first-order valence-corrected chi connectivity index (χ1v) is 3.50. The Hall–Kier alpha value is -2.18. The summed E-state index contributed by atoms with van der Waals surface area (Å²) in [7, 11) is 0. The molecule has 0 aromatic carbocycles. The van der Waals surface area contributed by atoms with Gasteiger partial charge in [0.2, 0.25) is 5.65 Å². The van der Waals surface area contributed by atoms with Crippen molar-refractivity contribution in [3.8, 4) is 0 Å². The minimum Gasteiger partial charge on any atom is -0.350 e. The van der Waals surface area contributed by atoms with Gasteiger partial charge in [0.05, 0.1) is 0 Å². The highest BCUT2D eigenvalue weighted by molar-refractivity contribution is 5.81. The Labute approximate surface area is 72.5 Å². The average molecular weight is 178 g/mol. The zero-order valence-electron chi connectivity index (χ0n) is 6.51. The molecule has 2 aromatic heterocycles. The molecule has 0 aliphatic rings. The second-order valence-electron chi connectivity index (χ2n) is 2.32. The summed E-state index contributed by atoms with van der Waals surface area (Å²) in [6.07, 6.45) is 1.57. The van der Waals surface area contributed by atoms with Crippen LogP contribution in [0.4, 0.5) is 4.79 Å². The van der Waals surface area contributed by atoms with Crippen LogP contribution in [-0.2, 0) is 0 Å². The van der Waals surface area contributed by atoms with E-state index in [-0.39, 0.29) is 0 Å². The number of amides is 2. The van der Waals surface area contributed by atoms with E-state index in [0.717, 1.165) is 4.79 Å². The second-order valence-corrected chi connectivity index (χ2v) is 2.32. The van der Waals surface area contributed by atoms with Crippen LogP contribution < -0.4 is 11.2 Å². The van der Waals surface area contributed by atoms with E-state index in [4.69, 9.17) is 5.73 Å². The largest absolute Gasteiger partial charge is 0.350 e. The lowest BCUT2D eigenvalue weighted by molar-refractivity contribution is 0.256. The Kier molecular flexibility index (Phi) is 1.55. The number of pyridine rings is 1. The Morgan fingerprint density at radius 2 is 2.46 bits per heavy atom. The van der Waals surface area contributed by atoms with E-state index < -0.39 is 6.03 Å². The van der Waals surface area contributed by atoms with Crippen LogP contribution >= 0.6 is 0 Å². The van der Waals surface area contributed by atoms with Crippen LogP contribution in [-0.4, -0.2) is 26.1 Å². The maximum absolute atomic E-state index is 10.5. The Morgan fingerprint density at radius 1 is 1.62 bits per heavy atom. The first-order valence-electron chi connectivity index (χ1n) is 3.50. The first kappa shape index (κ1) is 7.47. The van der Waals surface area contributed by atoms with Gasteiger partial charge < -0.3 is 5.73 Å². The van der Waals surface area contributed by atoms with Gasteiger partial charge in [-0.25, -0.2) is 15.2 Å². The number of primary amides is 1. The van der Waals surface area contributed by atoms with Gasteiger partial charge in [-0.1, -0.05) is 0 Å². The predicted molar refractivity (Wildman–Crippen MR) is 44.3 cm³/mol. The van der Waals surface area contributed by atoms with Crippen LogP contribution in [0.15, 0.2) is 18.3 Å². The molecule has 0 bridgehead atoms. The summed E-state index contributed by atoms with van der Waals surface area (Å²) >= 11 is 0. The molecular weight excluding hydrogens is 172 g/mol. The predicted octanol–water partition coefficient (Wildman–Crippen LogP) is -0.552. The highest BCUT2D eigenvalue weighted by Crippen LogP contribution is 2.03. The van der Waals surface area contributed by atoms with Crippen molar-refractivity contribution in [2.75, 3.05) is 5.43 Å². The molecule has 2 amide bonds. The van der Waals surface area contributed by atoms with Crippen molar-refractivity contribution in [1.29, 1.82) is 0 Å². The van der Waals surface area contributed by atoms with Crippen LogP contribution in [0.3, 0.4) is 0 Å². The normalized spacial score (nSPS) is 10.2. The minimum atomic E-state index is -0.711. The number of hydrogen-bond acceptors (Lipinski definition) is 4. The van der Waals surface area contributed by atoms with E-state index in [9.17, 15) is 4.79 Å². The maximum atomic E-state index is 10.5. The molecule has 2 heterocycles. The molecule has 7 nitrogen and oxygen atoms in total. The van der Waals surface area contributed by atoms with Gasteiger partial charge in [0.1, 0.15) is 5.52 Å².